The topological polar surface area (TPSA) is 95.7 Å². The van der Waals surface area contributed by atoms with E-state index in [-0.39, 0.29) is 23.4 Å². The number of nitro groups is 1. The molecule has 7 nitrogen and oxygen atoms in total. The quantitative estimate of drug-likeness (QED) is 0.226. The Morgan fingerprint density at radius 3 is 2.03 bits per heavy atom. The Hall–Kier alpha value is -3.22. The minimum atomic E-state index is -0.654. The maximum Gasteiger partial charge on any atom is 0.339 e. The van der Waals surface area contributed by atoms with Gasteiger partial charge in [-0.2, -0.15) is 0 Å². The SMILES string of the molecule is CCCCCCCOC(=O)c1ccccc1C(=O)OCc1ccc([N+](=O)[O-])cc1. The second-order valence-electron chi connectivity index (χ2n) is 6.60. The maximum absolute atomic E-state index is 12.4. The molecule has 29 heavy (non-hydrogen) atoms. The van der Waals surface area contributed by atoms with Crippen LogP contribution >= 0.6 is 0 Å². The molecule has 0 bridgehead atoms. The van der Waals surface area contributed by atoms with E-state index in [4.69, 9.17) is 9.47 Å². The Morgan fingerprint density at radius 1 is 0.862 bits per heavy atom. The summed E-state index contributed by atoms with van der Waals surface area (Å²) in [6.07, 6.45) is 5.21. The van der Waals surface area contributed by atoms with Crippen molar-refractivity contribution in [3.8, 4) is 0 Å². The molecule has 154 valence electrons. The zero-order valence-electron chi connectivity index (χ0n) is 16.5. The maximum atomic E-state index is 12.4. The van der Waals surface area contributed by atoms with E-state index in [1.807, 2.05) is 0 Å². The predicted octanol–water partition coefficient (Wildman–Crippen LogP) is 5.08. The lowest BCUT2D eigenvalue weighted by Crippen LogP contribution is -2.14. The number of ether oxygens (including phenoxy) is 2. The van der Waals surface area contributed by atoms with Crippen molar-refractivity contribution >= 4 is 17.6 Å². The van der Waals surface area contributed by atoms with Gasteiger partial charge in [-0.1, -0.05) is 44.7 Å². The number of nitro benzene ring substituents is 1. The number of carbonyl (C=O) groups is 2. The first-order chi connectivity index (χ1) is 14.0. The Kier molecular flexibility index (Phi) is 8.82. The Labute approximate surface area is 169 Å². The van der Waals surface area contributed by atoms with E-state index in [1.54, 1.807) is 12.1 Å². The molecule has 0 fully saturated rings. The lowest BCUT2D eigenvalue weighted by molar-refractivity contribution is -0.384. The fourth-order valence-corrected chi connectivity index (χ4v) is 2.73. The van der Waals surface area contributed by atoms with Gasteiger partial charge in [0.15, 0.2) is 0 Å². The molecule has 2 rings (SSSR count). The van der Waals surface area contributed by atoms with Crippen LogP contribution in [0.25, 0.3) is 0 Å². The Balaban J connectivity index is 1.91. The summed E-state index contributed by atoms with van der Waals surface area (Å²) < 4.78 is 10.5. The molecule has 0 spiro atoms. The average Bonchev–Trinajstić information content (AvgIpc) is 2.74. The second-order valence-corrected chi connectivity index (χ2v) is 6.60. The summed E-state index contributed by atoms with van der Waals surface area (Å²) in [4.78, 5) is 35.0. The number of hydrogen-bond acceptors (Lipinski definition) is 6. The number of non-ortho nitro benzene ring substituents is 1. The van der Waals surface area contributed by atoms with E-state index in [9.17, 15) is 19.7 Å². The average molecular weight is 399 g/mol. The van der Waals surface area contributed by atoms with Crippen LogP contribution in [0.5, 0.6) is 0 Å². The molecule has 0 aliphatic heterocycles. The summed E-state index contributed by atoms with van der Waals surface area (Å²) in [7, 11) is 0. The highest BCUT2D eigenvalue weighted by Gasteiger charge is 2.19. The molecule has 0 heterocycles. The number of hydrogen-bond donors (Lipinski definition) is 0. The highest BCUT2D eigenvalue weighted by Crippen LogP contribution is 2.16. The van der Waals surface area contributed by atoms with E-state index in [1.165, 1.54) is 36.4 Å². The van der Waals surface area contributed by atoms with Crippen molar-refractivity contribution in [3.05, 3.63) is 75.3 Å². The lowest BCUT2D eigenvalue weighted by Gasteiger charge is -2.10. The fraction of sp³-hybridized carbons (Fsp3) is 0.364. The molecule has 2 aromatic carbocycles. The molecule has 0 N–H and O–H groups in total. The summed E-state index contributed by atoms with van der Waals surface area (Å²) in [5, 5.41) is 10.7. The molecule has 0 unspecified atom stereocenters. The van der Waals surface area contributed by atoms with Crippen molar-refractivity contribution in [1.29, 1.82) is 0 Å². The van der Waals surface area contributed by atoms with Crippen molar-refractivity contribution in [2.24, 2.45) is 0 Å². The normalized spacial score (nSPS) is 10.4. The third kappa shape index (κ3) is 7.03. The summed E-state index contributed by atoms with van der Waals surface area (Å²) >= 11 is 0. The van der Waals surface area contributed by atoms with E-state index >= 15 is 0 Å². The van der Waals surface area contributed by atoms with Gasteiger partial charge in [-0.25, -0.2) is 9.59 Å². The summed E-state index contributed by atoms with van der Waals surface area (Å²) in [5.41, 5.74) is 0.860. The van der Waals surface area contributed by atoms with Gasteiger partial charge in [-0.3, -0.25) is 10.1 Å². The van der Waals surface area contributed by atoms with Crippen molar-refractivity contribution < 1.29 is 24.0 Å². The van der Waals surface area contributed by atoms with Gasteiger partial charge in [0.2, 0.25) is 0 Å². The van der Waals surface area contributed by atoms with E-state index in [0.717, 1.165) is 32.1 Å². The van der Waals surface area contributed by atoms with Crippen LogP contribution in [-0.4, -0.2) is 23.5 Å². The zero-order valence-corrected chi connectivity index (χ0v) is 16.5. The van der Waals surface area contributed by atoms with E-state index in [0.29, 0.717) is 12.2 Å². The van der Waals surface area contributed by atoms with Crippen LogP contribution < -0.4 is 0 Å². The third-order valence-electron chi connectivity index (χ3n) is 4.37. The van der Waals surface area contributed by atoms with Gasteiger partial charge >= 0.3 is 11.9 Å². The molecule has 0 amide bonds. The molecular formula is C22H25NO6. The van der Waals surface area contributed by atoms with E-state index in [2.05, 4.69) is 6.92 Å². The first-order valence-corrected chi connectivity index (χ1v) is 9.69. The molecule has 0 radical (unpaired) electrons. The zero-order chi connectivity index (χ0) is 21.1. The fourth-order valence-electron chi connectivity index (χ4n) is 2.73. The molecule has 0 aliphatic carbocycles. The second kappa shape index (κ2) is 11.6. The van der Waals surface area contributed by atoms with Gasteiger partial charge in [-0.15, -0.1) is 0 Å². The van der Waals surface area contributed by atoms with Gasteiger partial charge in [0, 0.05) is 12.1 Å². The molecule has 0 aromatic heterocycles. The highest BCUT2D eigenvalue weighted by atomic mass is 16.6. The number of benzene rings is 2. The molecule has 7 heteroatoms. The van der Waals surface area contributed by atoms with Gasteiger partial charge in [0.25, 0.3) is 5.69 Å². The van der Waals surface area contributed by atoms with Crippen molar-refractivity contribution in [2.45, 2.75) is 45.6 Å². The standard InChI is InChI=1S/C22H25NO6/c1-2-3-4-5-8-15-28-21(24)19-9-6-7-10-20(19)22(25)29-16-17-11-13-18(14-12-17)23(26)27/h6-7,9-14H,2-5,8,15-16H2,1H3. The van der Waals surface area contributed by atoms with Gasteiger partial charge < -0.3 is 9.47 Å². The summed E-state index contributed by atoms with van der Waals surface area (Å²) in [5.74, 6) is -1.21. The molecule has 0 saturated carbocycles. The largest absolute Gasteiger partial charge is 0.462 e. The number of esters is 2. The lowest BCUT2D eigenvalue weighted by atomic mass is 10.1. The molecule has 0 aliphatic rings. The van der Waals surface area contributed by atoms with Crippen molar-refractivity contribution in [1.82, 2.24) is 0 Å². The third-order valence-corrected chi connectivity index (χ3v) is 4.37. The van der Waals surface area contributed by atoms with Gasteiger partial charge in [-0.05, 0) is 36.2 Å². The van der Waals surface area contributed by atoms with Crippen molar-refractivity contribution in [3.63, 3.8) is 0 Å². The Bertz CT molecular complexity index is 831. The van der Waals surface area contributed by atoms with Crippen LogP contribution in [0.4, 0.5) is 5.69 Å². The summed E-state index contributed by atoms with van der Waals surface area (Å²) in [6, 6.07) is 12.1. The van der Waals surface area contributed by atoms with Crippen LogP contribution in [0.2, 0.25) is 0 Å². The van der Waals surface area contributed by atoms with Crippen LogP contribution in [0.15, 0.2) is 48.5 Å². The minimum absolute atomic E-state index is 0.0390. The molecule has 2 aromatic rings. The minimum Gasteiger partial charge on any atom is -0.462 e. The van der Waals surface area contributed by atoms with Crippen LogP contribution in [0.1, 0.15) is 65.3 Å². The van der Waals surface area contributed by atoms with Crippen LogP contribution in [0.3, 0.4) is 0 Å². The first-order valence-electron chi connectivity index (χ1n) is 9.69. The smallest absolute Gasteiger partial charge is 0.339 e. The molecular weight excluding hydrogens is 374 g/mol. The Morgan fingerprint density at radius 2 is 1.45 bits per heavy atom. The molecule has 0 saturated heterocycles. The van der Waals surface area contributed by atoms with Gasteiger partial charge in [0.05, 0.1) is 22.7 Å². The number of unbranched alkanes of at least 4 members (excludes halogenated alkanes) is 4. The van der Waals surface area contributed by atoms with Gasteiger partial charge in [0.1, 0.15) is 6.61 Å². The molecule has 0 atom stereocenters. The predicted molar refractivity (Wildman–Crippen MR) is 108 cm³/mol. The monoisotopic (exact) mass is 399 g/mol. The number of carbonyl (C=O) groups excluding carboxylic acids is 2. The highest BCUT2D eigenvalue weighted by molar-refractivity contribution is 6.03. The van der Waals surface area contributed by atoms with Crippen molar-refractivity contribution in [2.75, 3.05) is 6.61 Å². The van der Waals surface area contributed by atoms with E-state index < -0.39 is 16.9 Å². The summed E-state index contributed by atoms with van der Waals surface area (Å²) in [6.45, 7) is 2.39. The van der Waals surface area contributed by atoms with Crippen LogP contribution in [-0.2, 0) is 16.1 Å². The number of nitrogens with zero attached hydrogens (tertiary/aromatic N) is 1. The van der Waals surface area contributed by atoms with Crippen LogP contribution in [0, 0.1) is 10.1 Å². The number of rotatable bonds is 11. The first kappa shape index (κ1) is 22.1.